The highest BCUT2D eigenvalue weighted by molar-refractivity contribution is 9.10. The summed E-state index contributed by atoms with van der Waals surface area (Å²) in [5.41, 5.74) is 4.19. The van der Waals surface area contributed by atoms with Gasteiger partial charge in [-0.05, 0) is 60.0 Å². The Morgan fingerprint density at radius 3 is 2.09 bits per heavy atom. The predicted molar refractivity (Wildman–Crippen MR) is 136 cm³/mol. The van der Waals surface area contributed by atoms with E-state index in [1.807, 2.05) is 18.2 Å². The molecule has 0 saturated carbocycles. The second kappa shape index (κ2) is 9.98. The van der Waals surface area contributed by atoms with Crippen LogP contribution in [0.1, 0.15) is 27.5 Å². The second-order valence-electron chi connectivity index (χ2n) is 7.59. The Kier molecular flexibility index (Phi) is 7.05. The quantitative estimate of drug-likeness (QED) is 0.245. The molecule has 0 amide bonds. The van der Waals surface area contributed by atoms with Crippen LogP contribution in [0.2, 0.25) is 0 Å². The van der Waals surface area contributed by atoms with E-state index < -0.39 is 0 Å². The SMILES string of the molecule is COc1cc(OC)c(C(c2ccc(-c3ccc(F)cc3)s2)c2cc(Br)ccc2C)c(OC)c1. The van der Waals surface area contributed by atoms with E-state index in [1.54, 1.807) is 44.8 Å². The fourth-order valence-corrected chi connectivity index (χ4v) is 5.49. The first kappa shape index (κ1) is 23.3. The molecule has 0 aliphatic heterocycles. The molecule has 0 N–H and O–H groups in total. The van der Waals surface area contributed by atoms with Gasteiger partial charge in [0.1, 0.15) is 23.1 Å². The van der Waals surface area contributed by atoms with Gasteiger partial charge in [-0.25, -0.2) is 4.39 Å². The lowest BCUT2D eigenvalue weighted by Gasteiger charge is -2.24. The molecule has 0 aliphatic carbocycles. The third-order valence-corrected chi connectivity index (χ3v) is 7.33. The summed E-state index contributed by atoms with van der Waals surface area (Å²) in [6.45, 7) is 2.10. The van der Waals surface area contributed by atoms with Crippen molar-refractivity contribution in [2.75, 3.05) is 21.3 Å². The molecule has 1 atom stereocenters. The molecule has 0 bridgehead atoms. The Hall–Kier alpha value is -2.83. The summed E-state index contributed by atoms with van der Waals surface area (Å²) in [6.07, 6.45) is 0. The first-order valence-electron chi connectivity index (χ1n) is 10.4. The minimum Gasteiger partial charge on any atom is -0.496 e. The number of thiophene rings is 1. The largest absolute Gasteiger partial charge is 0.496 e. The van der Waals surface area contributed by atoms with Crippen molar-refractivity contribution in [3.63, 3.8) is 0 Å². The van der Waals surface area contributed by atoms with Crippen molar-refractivity contribution in [3.8, 4) is 27.7 Å². The maximum Gasteiger partial charge on any atom is 0.130 e. The zero-order chi connectivity index (χ0) is 23.5. The monoisotopic (exact) mass is 526 g/mol. The number of hydrogen-bond donors (Lipinski definition) is 0. The van der Waals surface area contributed by atoms with Crippen molar-refractivity contribution >= 4 is 27.3 Å². The summed E-state index contributed by atoms with van der Waals surface area (Å²) in [5.74, 6) is 1.65. The summed E-state index contributed by atoms with van der Waals surface area (Å²) in [4.78, 5) is 2.19. The molecule has 0 radical (unpaired) electrons. The normalized spacial score (nSPS) is 11.8. The van der Waals surface area contributed by atoms with Crippen LogP contribution < -0.4 is 14.2 Å². The van der Waals surface area contributed by atoms with Crippen LogP contribution in [0.5, 0.6) is 17.2 Å². The fraction of sp³-hybridized carbons (Fsp3) is 0.185. The van der Waals surface area contributed by atoms with Gasteiger partial charge in [0.15, 0.2) is 0 Å². The molecule has 4 rings (SSSR count). The van der Waals surface area contributed by atoms with Crippen LogP contribution in [0, 0.1) is 12.7 Å². The highest BCUT2D eigenvalue weighted by Crippen LogP contribution is 2.48. The minimum absolute atomic E-state index is 0.141. The van der Waals surface area contributed by atoms with Crippen molar-refractivity contribution in [2.45, 2.75) is 12.8 Å². The molecular weight excluding hydrogens is 503 g/mol. The highest BCUT2D eigenvalue weighted by Gasteiger charge is 2.28. The lowest BCUT2D eigenvalue weighted by molar-refractivity contribution is 0.368. The standard InChI is InChI=1S/C27H24BrFO3S/c1-16-5-8-18(28)13-21(16)26(27-22(31-3)14-20(30-2)15-23(27)32-4)25-12-11-24(33-25)17-6-9-19(29)10-7-17/h5-15,26H,1-4H3. The molecule has 0 saturated heterocycles. The molecular formula is C27H24BrFO3S. The van der Waals surface area contributed by atoms with Crippen molar-refractivity contribution in [1.29, 1.82) is 0 Å². The van der Waals surface area contributed by atoms with Crippen LogP contribution in [-0.2, 0) is 0 Å². The van der Waals surface area contributed by atoms with Crippen molar-refractivity contribution in [3.05, 3.63) is 98.6 Å². The molecule has 6 heteroatoms. The van der Waals surface area contributed by atoms with Crippen molar-refractivity contribution in [2.24, 2.45) is 0 Å². The molecule has 33 heavy (non-hydrogen) atoms. The molecule has 4 aromatic rings. The zero-order valence-corrected chi connectivity index (χ0v) is 21.2. The third-order valence-electron chi connectivity index (χ3n) is 5.63. The van der Waals surface area contributed by atoms with Crippen molar-refractivity contribution < 1.29 is 18.6 Å². The van der Waals surface area contributed by atoms with Gasteiger partial charge < -0.3 is 14.2 Å². The summed E-state index contributed by atoms with van der Waals surface area (Å²) in [7, 11) is 4.93. The lowest BCUT2D eigenvalue weighted by Crippen LogP contribution is -2.08. The molecule has 3 nitrogen and oxygen atoms in total. The van der Waals surface area contributed by atoms with Gasteiger partial charge in [0.25, 0.3) is 0 Å². The van der Waals surface area contributed by atoms with E-state index in [9.17, 15) is 4.39 Å². The van der Waals surface area contributed by atoms with E-state index in [2.05, 4.69) is 47.1 Å². The van der Waals surface area contributed by atoms with E-state index in [1.165, 1.54) is 12.1 Å². The summed E-state index contributed by atoms with van der Waals surface area (Å²) in [6, 6.07) is 20.8. The Morgan fingerprint density at radius 1 is 0.818 bits per heavy atom. The van der Waals surface area contributed by atoms with E-state index in [-0.39, 0.29) is 11.7 Å². The summed E-state index contributed by atoms with van der Waals surface area (Å²) in [5, 5.41) is 0. The van der Waals surface area contributed by atoms with Gasteiger partial charge >= 0.3 is 0 Å². The first-order chi connectivity index (χ1) is 15.9. The lowest BCUT2D eigenvalue weighted by atomic mass is 9.86. The fourth-order valence-electron chi connectivity index (χ4n) is 3.97. The van der Waals surface area contributed by atoms with E-state index in [0.29, 0.717) is 17.2 Å². The maximum absolute atomic E-state index is 13.5. The molecule has 0 fully saturated rings. The smallest absolute Gasteiger partial charge is 0.130 e. The maximum atomic E-state index is 13.5. The van der Waals surface area contributed by atoms with Crippen LogP contribution in [0.4, 0.5) is 4.39 Å². The number of ether oxygens (including phenoxy) is 3. The highest BCUT2D eigenvalue weighted by atomic mass is 79.9. The Morgan fingerprint density at radius 2 is 1.48 bits per heavy atom. The molecule has 0 spiro atoms. The number of methoxy groups -OCH3 is 3. The average molecular weight is 527 g/mol. The van der Waals surface area contributed by atoms with Gasteiger partial charge in [-0.2, -0.15) is 0 Å². The minimum atomic E-state index is -0.245. The Labute approximate surface area is 205 Å². The molecule has 1 unspecified atom stereocenters. The van der Waals surface area contributed by atoms with Crippen LogP contribution in [0.25, 0.3) is 10.4 Å². The van der Waals surface area contributed by atoms with Gasteiger partial charge in [-0.1, -0.05) is 34.1 Å². The van der Waals surface area contributed by atoms with Crippen molar-refractivity contribution in [1.82, 2.24) is 0 Å². The topological polar surface area (TPSA) is 27.7 Å². The second-order valence-corrected chi connectivity index (χ2v) is 9.62. The van der Waals surface area contributed by atoms with E-state index in [4.69, 9.17) is 14.2 Å². The molecule has 0 aliphatic rings. The number of rotatable bonds is 7. The molecule has 1 aromatic heterocycles. The Balaban J connectivity index is 1.95. The van der Waals surface area contributed by atoms with Gasteiger partial charge in [0.05, 0.1) is 27.2 Å². The van der Waals surface area contributed by atoms with Gasteiger partial charge in [-0.15, -0.1) is 11.3 Å². The number of benzene rings is 3. The number of halogens is 2. The zero-order valence-electron chi connectivity index (χ0n) is 18.8. The van der Waals surface area contributed by atoms with Crippen LogP contribution in [-0.4, -0.2) is 21.3 Å². The third kappa shape index (κ3) is 4.77. The van der Waals surface area contributed by atoms with Gasteiger partial charge in [0, 0.05) is 31.9 Å². The predicted octanol–water partition coefficient (Wildman–Crippen LogP) is 7.83. The first-order valence-corrected chi connectivity index (χ1v) is 12.0. The number of aryl methyl sites for hydroxylation is 1. The van der Waals surface area contributed by atoms with Gasteiger partial charge in [-0.3, -0.25) is 0 Å². The number of hydrogen-bond acceptors (Lipinski definition) is 4. The summed E-state index contributed by atoms with van der Waals surface area (Å²) >= 11 is 5.31. The van der Waals surface area contributed by atoms with E-state index in [0.717, 1.165) is 36.5 Å². The molecule has 3 aromatic carbocycles. The van der Waals surface area contributed by atoms with Crippen LogP contribution >= 0.6 is 27.3 Å². The molecule has 170 valence electrons. The van der Waals surface area contributed by atoms with E-state index >= 15 is 0 Å². The molecule has 1 heterocycles. The van der Waals surface area contributed by atoms with Crippen LogP contribution in [0.3, 0.4) is 0 Å². The van der Waals surface area contributed by atoms with Gasteiger partial charge in [0.2, 0.25) is 0 Å². The van der Waals surface area contributed by atoms with Crippen LogP contribution in [0.15, 0.2) is 71.2 Å². The Bertz CT molecular complexity index is 1240. The summed E-state index contributed by atoms with van der Waals surface area (Å²) < 4.78 is 31.6. The average Bonchev–Trinajstić information content (AvgIpc) is 3.31.